The normalized spacial score (nSPS) is 21.2. The lowest BCUT2D eigenvalue weighted by molar-refractivity contribution is 0.0680. The van der Waals surface area contributed by atoms with Gasteiger partial charge in [-0.2, -0.15) is 0 Å². The molecule has 0 spiro atoms. The van der Waals surface area contributed by atoms with Crippen molar-refractivity contribution in [3.05, 3.63) is 48.4 Å². The van der Waals surface area contributed by atoms with Crippen LogP contribution in [0.25, 0.3) is 0 Å². The minimum absolute atomic E-state index is 0.0665. The van der Waals surface area contributed by atoms with E-state index < -0.39 is 0 Å². The average Bonchev–Trinajstić information content (AvgIpc) is 3.50. The second-order valence-corrected chi connectivity index (χ2v) is 7.50. The van der Waals surface area contributed by atoms with Crippen LogP contribution in [0.15, 0.2) is 47.1 Å². The quantitative estimate of drug-likeness (QED) is 0.724. The fourth-order valence-electron chi connectivity index (χ4n) is 3.68. The van der Waals surface area contributed by atoms with Crippen LogP contribution in [-0.2, 0) is 16.0 Å². The molecule has 0 radical (unpaired) electrons. The second kappa shape index (κ2) is 9.80. The van der Waals surface area contributed by atoms with Crippen molar-refractivity contribution < 1.29 is 23.4 Å². The lowest BCUT2D eigenvalue weighted by Crippen LogP contribution is -2.39. The molecule has 1 N–H and O–H groups in total. The summed E-state index contributed by atoms with van der Waals surface area (Å²) in [5.41, 5.74) is 0.691. The van der Waals surface area contributed by atoms with Crippen molar-refractivity contribution in [3.8, 4) is 5.75 Å². The number of carbonyl (C=O) groups is 1. The molecular formula is C22H28N2O5. The molecule has 1 aromatic carbocycles. The molecule has 156 valence electrons. The number of urea groups is 1. The van der Waals surface area contributed by atoms with E-state index in [1.807, 2.05) is 36.4 Å². The standard InChI is InChI=1S/C22H28N2O5/c25-22(24(14-19-7-2-10-26-19)15-20-8-3-11-27-20)23-17-5-1-6-18(13-17)29-16-21-9-4-12-28-21/h1-2,5-7,10,13,20-21H,3-4,8-9,11-12,14-16H2,(H,23,25). The summed E-state index contributed by atoms with van der Waals surface area (Å²) in [4.78, 5) is 14.7. The minimum atomic E-state index is -0.187. The molecule has 0 bridgehead atoms. The van der Waals surface area contributed by atoms with Crippen LogP contribution < -0.4 is 10.1 Å². The summed E-state index contributed by atoms with van der Waals surface area (Å²) >= 11 is 0. The van der Waals surface area contributed by atoms with Gasteiger partial charge in [0.1, 0.15) is 18.1 Å². The lowest BCUT2D eigenvalue weighted by atomic mass is 10.2. The van der Waals surface area contributed by atoms with Gasteiger partial charge in [0.25, 0.3) is 0 Å². The van der Waals surface area contributed by atoms with Crippen molar-refractivity contribution in [3.63, 3.8) is 0 Å². The molecule has 2 atom stereocenters. The molecule has 1 aromatic heterocycles. The van der Waals surface area contributed by atoms with Gasteiger partial charge in [0.2, 0.25) is 0 Å². The Morgan fingerprint density at radius 3 is 2.66 bits per heavy atom. The van der Waals surface area contributed by atoms with Crippen molar-refractivity contribution in [2.24, 2.45) is 0 Å². The third-order valence-corrected chi connectivity index (χ3v) is 5.21. The van der Waals surface area contributed by atoms with Crippen LogP contribution in [0.2, 0.25) is 0 Å². The first-order chi connectivity index (χ1) is 14.3. The maximum Gasteiger partial charge on any atom is 0.322 e. The summed E-state index contributed by atoms with van der Waals surface area (Å²) in [6, 6.07) is 11.0. The Morgan fingerprint density at radius 1 is 1.10 bits per heavy atom. The van der Waals surface area contributed by atoms with Gasteiger partial charge in [0, 0.05) is 31.5 Å². The van der Waals surface area contributed by atoms with E-state index in [0.717, 1.165) is 50.4 Å². The van der Waals surface area contributed by atoms with Gasteiger partial charge < -0.3 is 28.8 Å². The third kappa shape index (κ3) is 5.74. The summed E-state index contributed by atoms with van der Waals surface area (Å²) < 4.78 is 22.6. The van der Waals surface area contributed by atoms with Gasteiger partial charge in [-0.1, -0.05) is 6.07 Å². The first kappa shape index (κ1) is 19.8. The van der Waals surface area contributed by atoms with Crippen LogP contribution in [0.5, 0.6) is 5.75 Å². The molecule has 2 aliphatic heterocycles. The average molecular weight is 400 g/mol. The fraction of sp³-hybridized carbons (Fsp3) is 0.500. The monoisotopic (exact) mass is 400 g/mol. The number of rotatable bonds is 8. The van der Waals surface area contributed by atoms with Crippen LogP contribution in [0.3, 0.4) is 0 Å². The predicted molar refractivity (Wildman–Crippen MR) is 108 cm³/mol. The maximum atomic E-state index is 13.0. The molecule has 0 saturated carbocycles. The van der Waals surface area contributed by atoms with Gasteiger partial charge in [-0.15, -0.1) is 0 Å². The van der Waals surface area contributed by atoms with Crippen molar-refractivity contribution in [1.82, 2.24) is 4.90 Å². The molecule has 3 heterocycles. The summed E-state index contributed by atoms with van der Waals surface area (Å²) in [5, 5.41) is 2.98. The van der Waals surface area contributed by atoms with E-state index in [9.17, 15) is 4.79 Å². The zero-order valence-corrected chi connectivity index (χ0v) is 16.5. The van der Waals surface area contributed by atoms with Crippen LogP contribution in [-0.4, -0.2) is 49.5 Å². The largest absolute Gasteiger partial charge is 0.491 e. The number of ether oxygens (including phenoxy) is 3. The van der Waals surface area contributed by atoms with Crippen LogP contribution in [0.4, 0.5) is 10.5 Å². The first-order valence-electron chi connectivity index (χ1n) is 10.3. The van der Waals surface area contributed by atoms with Gasteiger partial charge >= 0.3 is 6.03 Å². The number of furan rings is 1. The Balaban J connectivity index is 1.37. The summed E-state index contributed by atoms with van der Waals surface area (Å²) in [6.07, 6.45) is 5.95. The lowest BCUT2D eigenvalue weighted by Gasteiger charge is -2.25. The highest BCUT2D eigenvalue weighted by Gasteiger charge is 2.24. The molecule has 2 aromatic rings. The van der Waals surface area contributed by atoms with E-state index in [0.29, 0.717) is 25.4 Å². The molecule has 2 aliphatic rings. The van der Waals surface area contributed by atoms with E-state index in [2.05, 4.69) is 5.32 Å². The Hall–Kier alpha value is -2.51. The van der Waals surface area contributed by atoms with E-state index in [4.69, 9.17) is 18.6 Å². The van der Waals surface area contributed by atoms with E-state index in [1.165, 1.54) is 0 Å². The molecular weight excluding hydrogens is 372 g/mol. The molecule has 2 saturated heterocycles. The second-order valence-electron chi connectivity index (χ2n) is 7.50. The number of nitrogens with zero attached hydrogens (tertiary/aromatic N) is 1. The number of amides is 2. The highest BCUT2D eigenvalue weighted by Crippen LogP contribution is 2.21. The Bertz CT molecular complexity index is 767. The van der Waals surface area contributed by atoms with Crippen molar-refractivity contribution in [2.45, 2.75) is 44.4 Å². The first-order valence-corrected chi connectivity index (χ1v) is 10.3. The number of benzene rings is 1. The highest BCUT2D eigenvalue weighted by molar-refractivity contribution is 5.89. The number of anilines is 1. The number of nitrogens with one attached hydrogen (secondary N) is 1. The van der Waals surface area contributed by atoms with Crippen LogP contribution >= 0.6 is 0 Å². The van der Waals surface area contributed by atoms with Crippen LogP contribution in [0, 0.1) is 0 Å². The molecule has 2 fully saturated rings. The predicted octanol–water partition coefficient (Wildman–Crippen LogP) is 4.05. The number of carbonyl (C=O) groups excluding carboxylic acids is 1. The van der Waals surface area contributed by atoms with E-state index >= 15 is 0 Å². The van der Waals surface area contributed by atoms with Crippen LogP contribution in [0.1, 0.15) is 31.4 Å². The van der Waals surface area contributed by atoms with Gasteiger partial charge in [-0.05, 0) is 49.9 Å². The van der Waals surface area contributed by atoms with Crippen molar-refractivity contribution >= 4 is 11.7 Å². The zero-order valence-electron chi connectivity index (χ0n) is 16.5. The SMILES string of the molecule is O=C(Nc1cccc(OCC2CCCO2)c1)N(Cc1ccco1)CC1CCCO1. The fourth-order valence-corrected chi connectivity index (χ4v) is 3.68. The summed E-state index contributed by atoms with van der Waals surface area (Å²) in [5.74, 6) is 1.46. The molecule has 7 nitrogen and oxygen atoms in total. The maximum absolute atomic E-state index is 13.0. The Labute approximate surface area is 170 Å². The zero-order chi connectivity index (χ0) is 19.9. The van der Waals surface area contributed by atoms with Gasteiger partial charge in [0.05, 0.1) is 25.0 Å². The molecule has 29 heavy (non-hydrogen) atoms. The number of hydrogen-bond donors (Lipinski definition) is 1. The van der Waals surface area contributed by atoms with Crippen molar-refractivity contribution in [1.29, 1.82) is 0 Å². The Kier molecular flexibility index (Phi) is 6.69. The summed E-state index contributed by atoms with van der Waals surface area (Å²) in [6.45, 7) is 3.02. The van der Waals surface area contributed by atoms with Gasteiger partial charge in [0.15, 0.2) is 0 Å². The molecule has 0 aliphatic carbocycles. The van der Waals surface area contributed by atoms with E-state index in [1.54, 1.807) is 11.2 Å². The topological polar surface area (TPSA) is 73.2 Å². The Morgan fingerprint density at radius 2 is 1.93 bits per heavy atom. The van der Waals surface area contributed by atoms with Crippen molar-refractivity contribution in [2.75, 3.05) is 31.7 Å². The number of hydrogen-bond acceptors (Lipinski definition) is 5. The molecule has 7 heteroatoms. The van der Waals surface area contributed by atoms with Gasteiger partial charge in [-0.25, -0.2) is 4.79 Å². The molecule has 4 rings (SSSR count). The minimum Gasteiger partial charge on any atom is -0.491 e. The smallest absolute Gasteiger partial charge is 0.322 e. The molecule has 2 amide bonds. The third-order valence-electron chi connectivity index (χ3n) is 5.21. The summed E-state index contributed by atoms with van der Waals surface area (Å²) in [7, 11) is 0. The molecule has 2 unspecified atom stereocenters. The van der Waals surface area contributed by atoms with Gasteiger partial charge in [-0.3, -0.25) is 0 Å². The van der Waals surface area contributed by atoms with E-state index in [-0.39, 0.29) is 18.2 Å². The highest BCUT2D eigenvalue weighted by atomic mass is 16.5.